The Labute approximate surface area is 317 Å². The highest BCUT2D eigenvalue weighted by Crippen LogP contribution is 2.46. The average Bonchev–Trinajstić information content (AvgIpc) is 3.16. The monoisotopic (exact) mass is 759 g/mol. The highest BCUT2D eigenvalue weighted by molar-refractivity contribution is 7.44. The molecule has 0 saturated carbocycles. The maximum absolute atomic E-state index is 13.7. The number of aryl methyl sites for hydroxylation is 1. The summed E-state index contributed by atoms with van der Waals surface area (Å²) in [6.45, 7) is 9.44. The van der Waals surface area contributed by atoms with Crippen molar-refractivity contribution in [3.63, 3.8) is 0 Å². The van der Waals surface area contributed by atoms with Crippen molar-refractivity contribution in [3.8, 4) is 17.6 Å². The Hall–Kier alpha value is -4.83. The van der Waals surface area contributed by atoms with Crippen LogP contribution in [0.1, 0.15) is 56.4 Å². The van der Waals surface area contributed by atoms with Crippen molar-refractivity contribution in [2.75, 3.05) is 34.0 Å². The van der Waals surface area contributed by atoms with Gasteiger partial charge in [0.1, 0.15) is 23.6 Å². The Morgan fingerprint density at radius 2 is 1.43 bits per heavy atom. The van der Waals surface area contributed by atoms with Crippen molar-refractivity contribution in [1.82, 2.24) is 19.5 Å². The van der Waals surface area contributed by atoms with Crippen LogP contribution in [0.5, 0.6) is 11.5 Å². The zero-order valence-electron chi connectivity index (χ0n) is 31.9. The lowest BCUT2D eigenvalue weighted by Crippen LogP contribution is -2.47. The molecule has 2 atom stereocenters. The van der Waals surface area contributed by atoms with Gasteiger partial charge in [-0.05, 0) is 75.6 Å². The van der Waals surface area contributed by atoms with Gasteiger partial charge in [0.05, 0.1) is 52.6 Å². The molecule has 2 unspecified atom stereocenters. The molecule has 0 radical (unpaired) electrons. The topological polar surface area (TPSA) is 157 Å². The van der Waals surface area contributed by atoms with Crippen molar-refractivity contribution in [2.45, 2.75) is 71.3 Å². The number of hydrogen-bond donors (Lipinski definition) is 2. The third-order valence-corrected chi connectivity index (χ3v) is 10.7. The minimum atomic E-state index is -1.66. The lowest BCUT2D eigenvalue weighted by atomic mass is 9.80. The van der Waals surface area contributed by atoms with Gasteiger partial charge in [0.15, 0.2) is 0 Å². The molecule has 0 aliphatic carbocycles. The van der Waals surface area contributed by atoms with E-state index in [9.17, 15) is 19.6 Å². The number of aromatic nitrogens is 2. The Morgan fingerprint density at radius 1 is 0.870 bits per heavy atom. The molecule has 0 saturated heterocycles. The predicted molar refractivity (Wildman–Crippen MR) is 207 cm³/mol. The number of H-pyrrole nitrogens is 1. The van der Waals surface area contributed by atoms with Gasteiger partial charge in [-0.15, -0.1) is 0 Å². The van der Waals surface area contributed by atoms with Crippen LogP contribution in [-0.4, -0.2) is 72.3 Å². The van der Waals surface area contributed by atoms with Crippen LogP contribution in [0.2, 0.25) is 0 Å². The minimum absolute atomic E-state index is 0.0322. The summed E-state index contributed by atoms with van der Waals surface area (Å²) in [7, 11) is 1.55. The second kappa shape index (κ2) is 20.0. The number of nitriles is 1. The number of nitrogens with one attached hydrogen (secondary N) is 2. The van der Waals surface area contributed by atoms with E-state index in [-0.39, 0.29) is 44.9 Å². The Bertz CT molecular complexity index is 1890. The molecule has 288 valence electrons. The summed E-state index contributed by atoms with van der Waals surface area (Å²) in [4.78, 5) is 40.5. The first kappa shape index (κ1) is 41.9. The number of rotatable bonds is 20. The number of methoxy groups -OCH3 is 2. The molecular weight excluding hydrogens is 709 g/mol. The summed E-state index contributed by atoms with van der Waals surface area (Å²) in [5, 5.41) is 12.2. The summed E-state index contributed by atoms with van der Waals surface area (Å²) in [5.41, 5.74) is 0.309. The second-order valence-corrected chi connectivity index (χ2v) is 14.6. The Morgan fingerprint density at radius 3 is 1.94 bits per heavy atom. The van der Waals surface area contributed by atoms with E-state index in [2.05, 4.69) is 21.0 Å². The van der Waals surface area contributed by atoms with Crippen molar-refractivity contribution in [1.29, 1.82) is 5.26 Å². The summed E-state index contributed by atoms with van der Waals surface area (Å²) in [6, 6.07) is 26.4. The fourth-order valence-corrected chi connectivity index (χ4v) is 7.71. The Kier molecular flexibility index (Phi) is 15.5. The van der Waals surface area contributed by atoms with E-state index in [4.69, 9.17) is 23.3 Å². The highest BCUT2D eigenvalue weighted by Gasteiger charge is 2.39. The van der Waals surface area contributed by atoms with E-state index in [0.717, 1.165) is 21.3 Å². The van der Waals surface area contributed by atoms with Crippen LogP contribution in [0.15, 0.2) is 94.6 Å². The number of aromatic amines is 1. The molecule has 3 aromatic carbocycles. The molecule has 54 heavy (non-hydrogen) atoms. The van der Waals surface area contributed by atoms with Gasteiger partial charge in [-0.25, -0.2) is 9.46 Å². The average molecular weight is 760 g/mol. The standard InChI is InChI=1S/C40H50N5O8P/c1-28(2)45(29(3)4)54(52-23-11-22-41)53-27-34(42-37(46)25-44-24-30(5)38(47)43-39(44)48)26-51-40(31-12-9-8-10-13-31,32-14-18-35(49-6)19-15-32)33-16-20-36(50-7)21-17-33/h8-10,12-21,24,28-29,34H,11,23,25-27H2,1-7H3,(H,42,46)(H,43,47,48). The van der Waals surface area contributed by atoms with Gasteiger partial charge in [-0.1, -0.05) is 54.6 Å². The zero-order valence-corrected chi connectivity index (χ0v) is 32.8. The smallest absolute Gasteiger partial charge is 0.328 e. The third-order valence-electron chi connectivity index (χ3n) is 8.59. The van der Waals surface area contributed by atoms with Crippen LogP contribution >= 0.6 is 8.53 Å². The van der Waals surface area contributed by atoms with E-state index < -0.39 is 37.3 Å². The van der Waals surface area contributed by atoms with Crippen molar-refractivity contribution >= 4 is 14.4 Å². The molecule has 1 aromatic heterocycles. The van der Waals surface area contributed by atoms with E-state index in [1.54, 1.807) is 21.1 Å². The van der Waals surface area contributed by atoms with Crippen LogP contribution in [0.25, 0.3) is 0 Å². The number of carbonyl (C=O) groups excluding carboxylic acids is 1. The molecule has 0 aliphatic heterocycles. The molecule has 14 heteroatoms. The first-order valence-electron chi connectivity index (χ1n) is 17.7. The fraction of sp³-hybridized carbons (Fsp3) is 0.400. The van der Waals surface area contributed by atoms with Gasteiger partial charge in [0.25, 0.3) is 14.1 Å². The fourth-order valence-electron chi connectivity index (χ4n) is 6.06. The first-order chi connectivity index (χ1) is 25.9. The van der Waals surface area contributed by atoms with E-state index >= 15 is 0 Å². The lowest BCUT2D eigenvalue weighted by molar-refractivity contribution is -0.123. The predicted octanol–water partition coefficient (Wildman–Crippen LogP) is 5.65. The van der Waals surface area contributed by atoms with Crippen LogP contribution < -0.4 is 26.0 Å². The number of carbonyl (C=O) groups is 1. The summed E-state index contributed by atoms with van der Waals surface area (Å²) in [5.74, 6) is 0.844. The van der Waals surface area contributed by atoms with Gasteiger partial charge in [-0.3, -0.25) is 19.1 Å². The van der Waals surface area contributed by atoms with Gasteiger partial charge in [0.2, 0.25) is 5.91 Å². The van der Waals surface area contributed by atoms with Crippen molar-refractivity contribution in [2.24, 2.45) is 0 Å². The second-order valence-electron chi connectivity index (χ2n) is 13.1. The van der Waals surface area contributed by atoms with Gasteiger partial charge in [0, 0.05) is 23.8 Å². The Balaban J connectivity index is 1.78. The quantitative estimate of drug-likeness (QED) is 0.0656. The minimum Gasteiger partial charge on any atom is -0.497 e. The summed E-state index contributed by atoms with van der Waals surface area (Å²) in [6.07, 6.45) is 1.54. The molecule has 0 spiro atoms. The highest BCUT2D eigenvalue weighted by atomic mass is 31.2. The van der Waals surface area contributed by atoms with Crippen molar-refractivity contribution < 1.29 is 28.1 Å². The summed E-state index contributed by atoms with van der Waals surface area (Å²) < 4.78 is 34.0. The van der Waals surface area contributed by atoms with Crippen LogP contribution in [-0.2, 0) is 30.7 Å². The van der Waals surface area contributed by atoms with E-state index in [1.165, 1.54) is 6.20 Å². The number of ether oxygens (including phenoxy) is 3. The SMILES string of the molecule is COc1ccc(C(OCC(COP(OCCC#N)N(C(C)C)C(C)C)NC(=O)Cn2cc(C)c(=O)[nH]c2=O)(c2ccccc2)c2ccc(OC)cc2)cc1. The molecule has 0 aliphatic rings. The molecule has 4 aromatic rings. The molecule has 13 nitrogen and oxygen atoms in total. The largest absolute Gasteiger partial charge is 0.497 e. The molecule has 0 fully saturated rings. The molecule has 0 bridgehead atoms. The first-order valence-corrected chi connectivity index (χ1v) is 18.9. The molecule has 2 N–H and O–H groups in total. The molecule has 1 amide bonds. The van der Waals surface area contributed by atoms with E-state index in [1.807, 2.05) is 107 Å². The van der Waals surface area contributed by atoms with E-state index in [0.29, 0.717) is 17.1 Å². The number of benzene rings is 3. The normalized spacial score (nSPS) is 12.8. The lowest BCUT2D eigenvalue weighted by Gasteiger charge is -2.38. The number of amides is 1. The number of nitrogens with zero attached hydrogens (tertiary/aromatic N) is 3. The van der Waals surface area contributed by atoms with Gasteiger partial charge < -0.3 is 28.6 Å². The van der Waals surface area contributed by atoms with Crippen molar-refractivity contribution in [3.05, 3.63) is 128 Å². The van der Waals surface area contributed by atoms with Gasteiger partial charge in [-0.2, -0.15) is 5.26 Å². The van der Waals surface area contributed by atoms with Crippen LogP contribution in [0.3, 0.4) is 0 Å². The third kappa shape index (κ3) is 10.6. The maximum atomic E-state index is 13.7. The number of hydrogen-bond acceptors (Lipinski definition) is 10. The summed E-state index contributed by atoms with van der Waals surface area (Å²) >= 11 is 0. The molecular formula is C40H50N5O8P. The zero-order chi connectivity index (χ0) is 39.3. The van der Waals surface area contributed by atoms with Gasteiger partial charge >= 0.3 is 5.69 Å². The van der Waals surface area contributed by atoms with Crippen LogP contribution in [0.4, 0.5) is 0 Å². The molecule has 4 rings (SSSR count). The molecule has 1 heterocycles. The maximum Gasteiger partial charge on any atom is 0.328 e. The van der Waals surface area contributed by atoms with Crippen LogP contribution in [0, 0.1) is 18.3 Å².